The molecule has 1 saturated heterocycles. The molecule has 0 radical (unpaired) electrons. The number of likely N-dealkylation sites (tertiary alicyclic amines) is 1. The van der Waals surface area contributed by atoms with E-state index in [4.69, 9.17) is 5.73 Å². The number of hydrogen-bond acceptors (Lipinski definition) is 6. The predicted molar refractivity (Wildman–Crippen MR) is 125 cm³/mol. The third-order valence-corrected chi connectivity index (χ3v) is 6.41. The first kappa shape index (κ1) is 29.7. The molecule has 41 heavy (non-hydrogen) atoms. The topological polar surface area (TPSA) is 114 Å². The van der Waals surface area contributed by atoms with Gasteiger partial charge in [0, 0.05) is 23.6 Å². The summed E-state index contributed by atoms with van der Waals surface area (Å²) in [7, 11) is 0. The molecule has 1 fully saturated rings. The highest BCUT2D eigenvalue weighted by atomic mass is 19.4. The molecule has 3 aromatic rings. The van der Waals surface area contributed by atoms with Crippen LogP contribution in [0.2, 0.25) is 0 Å². The van der Waals surface area contributed by atoms with E-state index < -0.39 is 106 Å². The minimum Gasteiger partial charge on any atom is -0.382 e. The number of rotatable bonds is 4. The Balaban J connectivity index is 1.83. The van der Waals surface area contributed by atoms with Crippen molar-refractivity contribution in [1.82, 2.24) is 24.4 Å². The van der Waals surface area contributed by atoms with Crippen molar-refractivity contribution in [1.29, 1.82) is 0 Å². The molecular formula is C24H20F8N6O3. The summed E-state index contributed by atoms with van der Waals surface area (Å²) in [5, 5.41) is 3.65. The Labute approximate surface area is 225 Å². The van der Waals surface area contributed by atoms with E-state index in [-0.39, 0.29) is 0 Å². The molecule has 2 N–H and O–H groups in total. The first-order chi connectivity index (χ1) is 18.9. The SMILES string of the molecule is CC(C)C(=O)N1C[C@@H](N(C(=O)c2ccc(F)c(-c3cc(C(F)(F)F)c4c(N)ncnn34)c2)C(=O)C(F)(F)F)[C@@H](F)C1. The lowest BCUT2D eigenvalue weighted by atomic mass is 10.0. The zero-order chi connectivity index (χ0) is 30.6. The van der Waals surface area contributed by atoms with Crippen LogP contribution in [0.15, 0.2) is 30.6 Å². The number of halogens is 8. The highest BCUT2D eigenvalue weighted by molar-refractivity contribution is 6.07. The number of fused-ring (bicyclic) bond motifs is 1. The lowest BCUT2D eigenvalue weighted by molar-refractivity contribution is -0.184. The van der Waals surface area contributed by atoms with Crippen molar-refractivity contribution >= 4 is 29.1 Å². The van der Waals surface area contributed by atoms with Crippen LogP contribution in [0.5, 0.6) is 0 Å². The van der Waals surface area contributed by atoms with Crippen LogP contribution in [0.25, 0.3) is 16.8 Å². The average molecular weight is 592 g/mol. The summed E-state index contributed by atoms with van der Waals surface area (Å²) in [4.78, 5) is 42.0. The zero-order valence-corrected chi connectivity index (χ0v) is 21.1. The first-order valence-corrected chi connectivity index (χ1v) is 11.8. The maximum Gasteiger partial charge on any atom is 0.471 e. The normalized spacial score (nSPS) is 17.9. The van der Waals surface area contributed by atoms with Gasteiger partial charge in [0.2, 0.25) is 5.91 Å². The van der Waals surface area contributed by atoms with Gasteiger partial charge in [-0.3, -0.25) is 19.3 Å². The second-order valence-corrected chi connectivity index (χ2v) is 9.50. The van der Waals surface area contributed by atoms with Crippen molar-refractivity contribution in [2.24, 2.45) is 5.92 Å². The molecule has 2 atom stereocenters. The zero-order valence-electron chi connectivity index (χ0n) is 21.1. The van der Waals surface area contributed by atoms with Crippen molar-refractivity contribution in [2.75, 3.05) is 18.8 Å². The van der Waals surface area contributed by atoms with Crippen LogP contribution in [-0.4, -0.2) is 73.6 Å². The number of nitrogens with two attached hydrogens (primary N) is 1. The molecule has 4 rings (SSSR count). The number of carbonyl (C=O) groups excluding carboxylic acids is 3. The molecule has 1 aromatic carbocycles. The van der Waals surface area contributed by atoms with Crippen molar-refractivity contribution in [3.8, 4) is 11.3 Å². The molecule has 0 unspecified atom stereocenters. The third-order valence-electron chi connectivity index (χ3n) is 6.41. The number of imide groups is 1. The number of benzene rings is 1. The highest BCUT2D eigenvalue weighted by Gasteiger charge is 2.52. The summed E-state index contributed by atoms with van der Waals surface area (Å²) >= 11 is 0. The lowest BCUT2D eigenvalue weighted by Gasteiger charge is -2.29. The second-order valence-electron chi connectivity index (χ2n) is 9.50. The summed E-state index contributed by atoms with van der Waals surface area (Å²) in [5.74, 6) is -7.59. The number of alkyl halides is 7. The largest absolute Gasteiger partial charge is 0.471 e. The Bertz CT molecular complexity index is 1530. The molecule has 1 aliphatic heterocycles. The van der Waals surface area contributed by atoms with Gasteiger partial charge in [0.1, 0.15) is 23.8 Å². The molecule has 220 valence electrons. The van der Waals surface area contributed by atoms with Crippen molar-refractivity contribution in [3.05, 3.63) is 47.5 Å². The van der Waals surface area contributed by atoms with Crippen LogP contribution in [0, 0.1) is 11.7 Å². The highest BCUT2D eigenvalue weighted by Crippen LogP contribution is 2.39. The van der Waals surface area contributed by atoms with Crippen molar-refractivity contribution in [3.63, 3.8) is 0 Å². The minimum absolute atomic E-state index is 0.396. The van der Waals surface area contributed by atoms with Gasteiger partial charge in [-0.15, -0.1) is 0 Å². The molecular weight excluding hydrogens is 572 g/mol. The van der Waals surface area contributed by atoms with Crippen molar-refractivity contribution < 1.29 is 49.5 Å². The van der Waals surface area contributed by atoms with E-state index in [0.29, 0.717) is 28.8 Å². The monoisotopic (exact) mass is 592 g/mol. The van der Waals surface area contributed by atoms with Crippen LogP contribution in [-0.2, 0) is 15.8 Å². The fourth-order valence-electron chi connectivity index (χ4n) is 4.54. The maximum absolute atomic E-state index is 15.0. The quantitative estimate of drug-likeness (QED) is 0.461. The molecule has 17 heteroatoms. The molecule has 2 aromatic heterocycles. The van der Waals surface area contributed by atoms with E-state index in [9.17, 15) is 49.5 Å². The molecule has 0 bridgehead atoms. The maximum atomic E-state index is 15.0. The van der Waals surface area contributed by atoms with Gasteiger partial charge in [-0.2, -0.15) is 31.4 Å². The van der Waals surface area contributed by atoms with Gasteiger partial charge in [-0.05, 0) is 24.3 Å². The van der Waals surface area contributed by atoms with Crippen LogP contribution in [0.4, 0.5) is 40.9 Å². The molecule has 0 spiro atoms. The summed E-state index contributed by atoms with van der Waals surface area (Å²) in [5.41, 5.74) is 1.35. The summed E-state index contributed by atoms with van der Waals surface area (Å²) < 4.78 is 112. The number of nitrogens with zero attached hydrogens (tertiary/aromatic N) is 5. The van der Waals surface area contributed by atoms with Gasteiger partial charge in [-0.1, -0.05) is 13.8 Å². The third kappa shape index (κ3) is 5.39. The fourth-order valence-corrected chi connectivity index (χ4v) is 4.54. The molecule has 9 nitrogen and oxygen atoms in total. The van der Waals surface area contributed by atoms with E-state index >= 15 is 0 Å². The molecule has 0 aliphatic carbocycles. The van der Waals surface area contributed by atoms with Crippen LogP contribution < -0.4 is 5.73 Å². The number of nitrogen functional groups attached to an aromatic ring is 1. The van der Waals surface area contributed by atoms with Gasteiger partial charge >= 0.3 is 18.3 Å². The Morgan fingerprint density at radius 1 is 1.07 bits per heavy atom. The van der Waals surface area contributed by atoms with Crippen molar-refractivity contribution in [2.45, 2.75) is 38.4 Å². The van der Waals surface area contributed by atoms with E-state index in [1.54, 1.807) is 0 Å². The van der Waals surface area contributed by atoms with E-state index in [0.717, 1.165) is 11.2 Å². The molecule has 3 amide bonds. The predicted octanol–water partition coefficient (Wildman–Crippen LogP) is 3.87. The summed E-state index contributed by atoms with van der Waals surface area (Å²) in [6.07, 6.45) is -12.1. The summed E-state index contributed by atoms with van der Waals surface area (Å²) in [6.45, 7) is 1.48. The van der Waals surface area contributed by atoms with Gasteiger partial charge in [0.15, 0.2) is 5.82 Å². The first-order valence-electron chi connectivity index (χ1n) is 11.8. The van der Waals surface area contributed by atoms with E-state index in [1.807, 2.05) is 0 Å². The number of carbonyl (C=O) groups is 3. The number of anilines is 1. The number of aromatic nitrogens is 3. The summed E-state index contributed by atoms with van der Waals surface area (Å²) in [6, 6.07) is 0.266. The Hall–Kier alpha value is -4.31. The van der Waals surface area contributed by atoms with E-state index in [1.165, 1.54) is 13.8 Å². The Kier molecular flexibility index (Phi) is 7.43. The Morgan fingerprint density at radius 2 is 1.73 bits per heavy atom. The number of hydrogen-bond donors (Lipinski definition) is 1. The van der Waals surface area contributed by atoms with Gasteiger partial charge in [0.25, 0.3) is 5.91 Å². The average Bonchev–Trinajstić information content (AvgIpc) is 3.45. The second kappa shape index (κ2) is 10.3. The lowest BCUT2D eigenvalue weighted by Crippen LogP contribution is -2.54. The number of amides is 3. The Morgan fingerprint density at radius 3 is 2.32 bits per heavy atom. The van der Waals surface area contributed by atoms with Crippen LogP contribution in [0.1, 0.15) is 29.8 Å². The van der Waals surface area contributed by atoms with Gasteiger partial charge in [-0.25, -0.2) is 18.3 Å². The van der Waals surface area contributed by atoms with Gasteiger partial charge in [0.05, 0.1) is 23.8 Å². The van der Waals surface area contributed by atoms with E-state index in [2.05, 4.69) is 10.1 Å². The molecule has 0 saturated carbocycles. The minimum atomic E-state index is -5.65. The van der Waals surface area contributed by atoms with Crippen LogP contribution in [0.3, 0.4) is 0 Å². The smallest absolute Gasteiger partial charge is 0.382 e. The standard InChI is InChI=1S/C24H20F8N6O3/c1-10(2)20(39)36-7-15(26)17(8-36)37(22(41)24(30,31)32)21(40)11-3-4-14(25)12(5-11)16-6-13(23(27,28)29)18-19(33)34-9-35-38(16)18/h3-6,9-10,15,17H,7-8H2,1-2H3,(H2,33,34,35)/t15-,17+/m0/s1. The van der Waals surface area contributed by atoms with Gasteiger partial charge < -0.3 is 10.6 Å². The van der Waals surface area contributed by atoms with Crippen LogP contribution >= 0.6 is 0 Å². The molecule has 1 aliphatic rings. The molecule has 3 heterocycles. The fraction of sp³-hybridized carbons (Fsp3) is 0.375.